The molecule has 206 valence electrons. The minimum Gasteiger partial charge on any atom is -0.392 e. The highest BCUT2D eigenvalue weighted by atomic mass is 16.7. The van der Waals surface area contributed by atoms with Gasteiger partial charge in [-0.15, -0.1) is 0 Å². The molecular formula is C33H35N3O4. The van der Waals surface area contributed by atoms with Gasteiger partial charge in [0.1, 0.15) is 0 Å². The van der Waals surface area contributed by atoms with Gasteiger partial charge < -0.3 is 19.9 Å². The zero-order valence-corrected chi connectivity index (χ0v) is 22.8. The lowest BCUT2D eigenvalue weighted by molar-refractivity contribution is -0.253. The van der Waals surface area contributed by atoms with E-state index in [0.717, 1.165) is 23.2 Å². The van der Waals surface area contributed by atoms with Gasteiger partial charge in [-0.05, 0) is 54.9 Å². The van der Waals surface area contributed by atoms with E-state index in [1.54, 1.807) is 18.3 Å². The lowest BCUT2D eigenvalue weighted by Crippen LogP contribution is -2.38. The van der Waals surface area contributed by atoms with Crippen molar-refractivity contribution in [2.45, 2.75) is 44.5 Å². The Balaban J connectivity index is 1.32. The van der Waals surface area contributed by atoms with Crippen LogP contribution in [-0.2, 0) is 16.1 Å². The summed E-state index contributed by atoms with van der Waals surface area (Å²) in [7, 11) is 2.12. The molecule has 5 rings (SSSR count). The lowest BCUT2D eigenvalue weighted by Gasteiger charge is -2.39. The maximum atomic E-state index is 12.5. The number of carbonyl (C=O) groups excluding carboxylic acids is 1. The number of hydrogen-bond acceptors (Lipinski definition) is 6. The van der Waals surface area contributed by atoms with Gasteiger partial charge in [-0.2, -0.15) is 0 Å². The number of aromatic nitrogens is 1. The average molecular weight is 538 g/mol. The normalized spacial score (nSPS) is 19.8. The largest absolute Gasteiger partial charge is 0.392 e. The molecule has 4 unspecified atom stereocenters. The number of benzene rings is 3. The Morgan fingerprint density at radius 2 is 1.70 bits per heavy atom. The first kappa shape index (κ1) is 27.7. The molecule has 0 bridgehead atoms. The first-order valence-corrected chi connectivity index (χ1v) is 13.6. The third kappa shape index (κ3) is 6.81. The summed E-state index contributed by atoms with van der Waals surface area (Å²) in [5.74, 6) is -0.215. The van der Waals surface area contributed by atoms with Gasteiger partial charge in [-0.1, -0.05) is 66.7 Å². The summed E-state index contributed by atoms with van der Waals surface area (Å²) in [5.41, 5.74) is 5.22. The standard InChI is InChI=1S/C33H35N3O4/c1-23(25-7-4-3-5-8-25)36(2)21-30-19-31(26-12-10-24(22-37)11-13-26)40-33(39-30)27-14-16-29(17-15-27)35-32(38)28-9-6-18-34-20-28/h3-18,20,23,30-31,33,37H,19,21-22H2,1-2H3,(H,35,38). The molecule has 2 heterocycles. The second kappa shape index (κ2) is 13.0. The highest BCUT2D eigenvalue weighted by Gasteiger charge is 2.33. The molecule has 1 amide bonds. The Labute approximate surface area is 235 Å². The molecule has 40 heavy (non-hydrogen) atoms. The van der Waals surface area contributed by atoms with Crippen LogP contribution in [0.15, 0.2) is 103 Å². The van der Waals surface area contributed by atoms with Crippen molar-refractivity contribution >= 4 is 11.6 Å². The molecule has 1 saturated heterocycles. The second-order valence-corrected chi connectivity index (χ2v) is 10.2. The Morgan fingerprint density at radius 3 is 2.38 bits per heavy atom. The fourth-order valence-corrected chi connectivity index (χ4v) is 4.92. The van der Waals surface area contributed by atoms with Crippen LogP contribution in [0.5, 0.6) is 0 Å². The summed E-state index contributed by atoms with van der Waals surface area (Å²) < 4.78 is 13.0. The quantitative estimate of drug-likeness (QED) is 0.270. The first-order chi connectivity index (χ1) is 19.5. The highest BCUT2D eigenvalue weighted by Crippen LogP contribution is 2.39. The van der Waals surface area contributed by atoms with Crippen LogP contribution < -0.4 is 5.32 Å². The number of hydrogen-bond donors (Lipinski definition) is 2. The number of aliphatic hydroxyl groups excluding tert-OH is 1. The number of likely N-dealkylation sites (N-methyl/N-ethyl adjacent to an activating group) is 1. The van der Waals surface area contributed by atoms with E-state index in [1.807, 2.05) is 54.6 Å². The van der Waals surface area contributed by atoms with E-state index in [4.69, 9.17) is 9.47 Å². The number of nitrogens with zero attached hydrogens (tertiary/aromatic N) is 2. The maximum Gasteiger partial charge on any atom is 0.257 e. The van der Waals surface area contributed by atoms with Crippen LogP contribution in [0.1, 0.15) is 64.4 Å². The van der Waals surface area contributed by atoms with Gasteiger partial charge in [0, 0.05) is 42.7 Å². The molecule has 0 spiro atoms. The van der Waals surface area contributed by atoms with Gasteiger partial charge in [0.25, 0.3) is 5.91 Å². The van der Waals surface area contributed by atoms with Crippen molar-refractivity contribution in [3.8, 4) is 0 Å². The van der Waals surface area contributed by atoms with Crippen LogP contribution in [0.4, 0.5) is 5.69 Å². The van der Waals surface area contributed by atoms with Crippen LogP contribution in [-0.4, -0.2) is 40.6 Å². The predicted octanol–water partition coefficient (Wildman–Crippen LogP) is 6.06. The van der Waals surface area contributed by atoms with Crippen molar-refractivity contribution in [2.75, 3.05) is 18.9 Å². The highest BCUT2D eigenvalue weighted by molar-refractivity contribution is 6.04. The number of pyridine rings is 1. The molecule has 1 aromatic heterocycles. The molecule has 4 atom stereocenters. The van der Waals surface area contributed by atoms with E-state index in [2.05, 4.69) is 53.4 Å². The van der Waals surface area contributed by atoms with Crippen molar-refractivity contribution in [1.29, 1.82) is 0 Å². The first-order valence-electron chi connectivity index (χ1n) is 13.6. The average Bonchev–Trinajstić information content (AvgIpc) is 3.01. The van der Waals surface area contributed by atoms with Gasteiger partial charge in [0.15, 0.2) is 6.29 Å². The van der Waals surface area contributed by atoms with Gasteiger partial charge >= 0.3 is 0 Å². The van der Waals surface area contributed by atoms with Crippen molar-refractivity contribution in [1.82, 2.24) is 9.88 Å². The van der Waals surface area contributed by atoms with Crippen LogP contribution in [0.3, 0.4) is 0 Å². The number of carbonyl (C=O) groups is 1. The molecule has 1 fully saturated rings. The van der Waals surface area contributed by atoms with E-state index in [1.165, 1.54) is 11.8 Å². The Morgan fingerprint density at radius 1 is 0.975 bits per heavy atom. The molecular weight excluding hydrogens is 502 g/mol. The Hall–Kier alpha value is -3.88. The van der Waals surface area contributed by atoms with E-state index < -0.39 is 6.29 Å². The molecule has 4 aromatic rings. The van der Waals surface area contributed by atoms with E-state index in [0.29, 0.717) is 17.7 Å². The third-order valence-corrected chi connectivity index (χ3v) is 7.41. The third-order valence-electron chi connectivity index (χ3n) is 7.41. The predicted molar refractivity (Wildman–Crippen MR) is 155 cm³/mol. The topological polar surface area (TPSA) is 83.9 Å². The SMILES string of the molecule is CC(c1ccccc1)N(C)CC1CC(c2ccc(CO)cc2)OC(c2ccc(NC(=O)c3cccnc3)cc2)O1. The number of rotatable bonds is 9. The number of ether oxygens (including phenoxy) is 2. The Kier molecular flexibility index (Phi) is 8.98. The molecule has 1 aliphatic heterocycles. The summed E-state index contributed by atoms with van der Waals surface area (Å²) in [6.45, 7) is 2.95. The fraction of sp³-hybridized carbons (Fsp3) is 0.273. The molecule has 7 heteroatoms. The van der Waals surface area contributed by atoms with Crippen LogP contribution in [0, 0.1) is 0 Å². The van der Waals surface area contributed by atoms with Crippen molar-refractivity contribution < 1.29 is 19.4 Å². The van der Waals surface area contributed by atoms with Crippen LogP contribution in [0.2, 0.25) is 0 Å². The summed E-state index contributed by atoms with van der Waals surface area (Å²) in [6.07, 6.45) is 3.09. The monoisotopic (exact) mass is 537 g/mol. The Bertz CT molecular complexity index is 1360. The van der Waals surface area contributed by atoms with Crippen molar-refractivity contribution in [3.63, 3.8) is 0 Å². The van der Waals surface area contributed by atoms with Gasteiger partial charge in [0.05, 0.1) is 24.4 Å². The lowest BCUT2D eigenvalue weighted by atomic mass is 9.99. The molecule has 3 aromatic carbocycles. The number of aliphatic hydroxyl groups is 1. The summed E-state index contributed by atoms with van der Waals surface area (Å²) in [4.78, 5) is 18.8. The number of nitrogens with one attached hydrogen (secondary N) is 1. The van der Waals surface area contributed by atoms with E-state index in [-0.39, 0.29) is 30.8 Å². The number of amides is 1. The van der Waals surface area contributed by atoms with Crippen LogP contribution >= 0.6 is 0 Å². The molecule has 0 aliphatic carbocycles. The van der Waals surface area contributed by atoms with Crippen LogP contribution in [0.25, 0.3) is 0 Å². The molecule has 2 N–H and O–H groups in total. The molecule has 0 radical (unpaired) electrons. The van der Waals surface area contributed by atoms with E-state index in [9.17, 15) is 9.90 Å². The minimum atomic E-state index is -0.565. The van der Waals surface area contributed by atoms with Gasteiger partial charge in [0.2, 0.25) is 0 Å². The van der Waals surface area contributed by atoms with Gasteiger partial charge in [-0.3, -0.25) is 14.7 Å². The molecule has 1 aliphatic rings. The fourth-order valence-electron chi connectivity index (χ4n) is 4.92. The second-order valence-electron chi connectivity index (χ2n) is 10.2. The zero-order chi connectivity index (χ0) is 27.9. The summed E-state index contributed by atoms with van der Waals surface area (Å²) in [6, 6.07) is 29.6. The smallest absolute Gasteiger partial charge is 0.257 e. The van der Waals surface area contributed by atoms with Crippen molar-refractivity contribution in [3.05, 3.63) is 131 Å². The zero-order valence-electron chi connectivity index (χ0n) is 22.8. The van der Waals surface area contributed by atoms with Gasteiger partial charge in [-0.25, -0.2) is 0 Å². The van der Waals surface area contributed by atoms with E-state index >= 15 is 0 Å². The summed E-state index contributed by atoms with van der Waals surface area (Å²) >= 11 is 0. The minimum absolute atomic E-state index is 0.00596. The van der Waals surface area contributed by atoms with Crippen molar-refractivity contribution in [2.24, 2.45) is 0 Å². The summed E-state index contributed by atoms with van der Waals surface area (Å²) in [5, 5.41) is 12.4. The maximum absolute atomic E-state index is 12.5. The molecule has 7 nitrogen and oxygen atoms in total. The number of anilines is 1. The molecule has 0 saturated carbocycles.